The van der Waals surface area contributed by atoms with Crippen LogP contribution in [0.4, 0.5) is 5.69 Å². The minimum Gasteiger partial charge on any atom is -0.322 e. The van der Waals surface area contributed by atoms with Gasteiger partial charge in [-0.05, 0) is 36.4 Å². The van der Waals surface area contributed by atoms with E-state index in [2.05, 4.69) is 31.2 Å². The van der Waals surface area contributed by atoms with Crippen LogP contribution < -0.4 is 11.0 Å². The number of nitrogens with one attached hydrogen (secondary N) is 3. The molecule has 0 aliphatic carbocycles. The molecule has 2 aromatic carbocycles. The van der Waals surface area contributed by atoms with Crippen molar-refractivity contribution in [2.24, 2.45) is 0 Å². The topological polar surface area (TPSA) is 77.8 Å². The van der Waals surface area contributed by atoms with Gasteiger partial charge in [0.05, 0.1) is 11.0 Å². The molecule has 1 aromatic heterocycles. The number of aromatic nitrogens is 2. The SMILES string of the molecule is O=C(Nc1cccc(Br)c1)c1ccc2[nH]c(=O)[nH]c2c1. The monoisotopic (exact) mass is 331 g/mol. The normalized spacial score (nSPS) is 10.7. The predicted molar refractivity (Wildman–Crippen MR) is 81.0 cm³/mol. The summed E-state index contributed by atoms with van der Waals surface area (Å²) >= 11 is 3.35. The Kier molecular flexibility index (Phi) is 3.15. The molecule has 3 rings (SSSR count). The lowest BCUT2D eigenvalue weighted by atomic mass is 10.2. The molecule has 0 aliphatic rings. The minimum absolute atomic E-state index is 0.230. The molecule has 3 N–H and O–H groups in total. The summed E-state index contributed by atoms with van der Waals surface area (Å²) in [5.74, 6) is -0.230. The highest BCUT2D eigenvalue weighted by atomic mass is 79.9. The quantitative estimate of drug-likeness (QED) is 0.675. The van der Waals surface area contributed by atoms with Crippen LogP contribution in [0.3, 0.4) is 0 Å². The Morgan fingerprint density at radius 3 is 2.65 bits per heavy atom. The van der Waals surface area contributed by atoms with E-state index < -0.39 is 0 Å². The maximum atomic E-state index is 12.1. The fourth-order valence-electron chi connectivity index (χ4n) is 1.94. The third-order valence-electron chi connectivity index (χ3n) is 2.86. The number of H-pyrrole nitrogens is 2. The number of hydrogen-bond acceptors (Lipinski definition) is 2. The predicted octanol–water partition coefficient (Wildman–Crippen LogP) is 2.87. The van der Waals surface area contributed by atoms with E-state index in [-0.39, 0.29) is 11.6 Å². The van der Waals surface area contributed by atoms with Crippen LogP contribution >= 0.6 is 15.9 Å². The number of rotatable bonds is 2. The van der Waals surface area contributed by atoms with Gasteiger partial charge in [0.15, 0.2) is 0 Å². The summed E-state index contributed by atoms with van der Waals surface area (Å²) < 4.78 is 0.890. The van der Waals surface area contributed by atoms with E-state index in [4.69, 9.17) is 0 Å². The van der Waals surface area contributed by atoms with Gasteiger partial charge in [-0.25, -0.2) is 4.79 Å². The van der Waals surface area contributed by atoms with Gasteiger partial charge < -0.3 is 15.3 Å². The first-order valence-corrected chi connectivity index (χ1v) is 6.70. The number of carbonyl (C=O) groups is 1. The Morgan fingerprint density at radius 1 is 1.05 bits per heavy atom. The molecule has 0 aliphatic heterocycles. The van der Waals surface area contributed by atoms with Crippen molar-refractivity contribution >= 4 is 38.6 Å². The Morgan fingerprint density at radius 2 is 1.85 bits per heavy atom. The van der Waals surface area contributed by atoms with Crippen LogP contribution in [0.15, 0.2) is 51.7 Å². The van der Waals surface area contributed by atoms with Gasteiger partial charge in [0, 0.05) is 15.7 Å². The van der Waals surface area contributed by atoms with Crippen LogP contribution in [0.2, 0.25) is 0 Å². The zero-order chi connectivity index (χ0) is 14.1. The summed E-state index contributed by atoms with van der Waals surface area (Å²) in [5, 5.41) is 2.80. The lowest BCUT2D eigenvalue weighted by Gasteiger charge is -2.05. The molecule has 0 atom stereocenters. The molecule has 0 unspecified atom stereocenters. The molecule has 3 aromatic rings. The van der Waals surface area contributed by atoms with Crippen molar-refractivity contribution in [2.45, 2.75) is 0 Å². The molecular weight excluding hydrogens is 322 g/mol. The largest absolute Gasteiger partial charge is 0.323 e. The Hall–Kier alpha value is -2.34. The molecular formula is C14H10BrN3O2. The molecule has 1 heterocycles. The number of hydrogen-bond donors (Lipinski definition) is 3. The maximum Gasteiger partial charge on any atom is 0.323 e. The number of amides is 1. The average molecular weight is 332 g/mol. The van der Waals surface area contributed by atoms with Crippen molar-refractivity contribution < 1.29 is 4.79 Å². The molecule has 0 bridgehead atoms. The fraction of sp³-hybridized carbons (Fsp3) is 0. The summed E-state index contributed by atoms with van der Waals surface area (Å²) in [7, 11) is 0. The number of aromatic amines is 2. The average Bonchev–Trinajstić information content (AvgIpc) is 2.77. The lowest BCUT2D eigenvalue weighted by molar-refractivity contribution is 0.102. The van der Waals surface area contributed by atoms with Gasteiger partial charge in [-0.3, -0.25) is 4.79 Å². The second kappa shape index (κ2) is 4.97. The van der Waals surface area contributed by atoms with Gasteiger partial charge in [-0.1, -0.05) is 22.0 Å². The van der Waals surface area contributed by atoms with Crippen LogP contribution in [0.25, 0.3) is 11.0 Å². The van der Waals surface area contributed by atoms with Crippen LogP contribution in [-0.4, -0.2) is 15.9 Å². The van der Waals surface area contributed by atoms with Crippen LogP contribution in [0, 0.1) is 0 Å². The van der Waals surface area contributed by atoms with E-state index in [9.17, 15) is 9.59 Å². The van der Waals surface area contributed by atoms with E-state index in [1.54, 1.807) is 24.3 Å². The lowest BCUT2D eigenvalue weighted by Crippen LogP contribution is -2.11. The number of halogens is 1. The number of fused-ring (bicyclic) bond motifs is 1. The van der Waals surface area contributed by atoms with E-state index in [0.717, 1.165) is 4.47 Å². The van der Waals surface area contributed by atoms with E-state index in [1.165, 1.54) is 0 Å². The highest BCUT2D eigenvalue weighted by Crippen LogP contribution is 2.17. The van der Waals surface area contributed by atoms with Gasteiger partial charge in [0.1, 0.15) is 0 Å². The smallest absolute Gasteiger partial charge is 0.322 e. The number of carbonyl (C=O) groups excluding carboxylic acids is 1. The second-order valence-corrected chi connectivity index (χ2v) is 5.22. The van der Waals surface area contributed by atoms with Gasteiger partial charge in [0.2, 0.25) is 0 Å². The molecule has 0 radical (unpaired) electrons. The summed E-state index contributed by atoms with van der Waals surface area (Å²) in [6.07, 6.45) is 0. The molecule has 1 amide bonds. The van der Waals surface area contributed by atoms with Crippen molar-refractivity contribution in [1.82, 2.24) is 9.97 Å². The van der Waals surface area contributed by atoms with Crippen molar-refractivity contribution in [1.29, 1.82) is 0 Å². The number of benzene rings is 2. The summed E-state index contributed by atoms with van der Waals surface area (Å²) in [6.45, 7) is 0. The molecule has 6 heteroatoms. The minimum atomic E-state index is -0.287. The van der Waals surface area contributed by atoms with Gasteiger partial charge in [-0.2, -0.15) is 0 Å². The molecule has 0 fully saturated rings. The standard InChI is InChI=1S/C14H10BrN3O2/c15-9-2-1-3-10(7-9)16-13(19)8-4-5-11-12(6-8)18-14(20)17-11/h1-7H,(H,16,19)(H2,17,18,20). The van der Waals surface area contributed by atoms with Crippen molar-refractivity contribution in [3.63, 3.8) is 0 Å². The molecule has 0 saturated carbocycles. The second-order valence-electron chi connectivity index (χ2n) is 4.30. The van der Waals surface area contributed by atoms with E-state index in [0.29, 0.717) is 22.3 Å². The van der Waals surface area contributed by atoms with Crippen molar-refractivity contribution in [2.75, 3.05) is 5.32 Å². The molecule has 100 valence electrons. The van der Waals surface area contributed by atoms with Crippen molar-refractivity contribution in [3.05, 3.63) is 63.0 Å². The first-order valence-electron chi connectivity index (χ1n) is 5.91. The van der Waals surface area contributed by atoms with Gasteiger partial charge >= 0.3 is 5.69 Å². The van der Waals surface area contributed by atoms with Gasteiger partial charge in [-0.15, -0.1) is 0 Å². The summed E-state index contributed by atoms with van der Waals surface area (Å²) in [5.41, 5.74) is 2.18. The zero-order valence-corrected chi connectivity index (χ0v) is 11.8. The highest BCUT2D eigenvalue weighted by molar-refractivity contribution is 9.10. The zero-order valence-electron chi connectivity index (χ0n) is 10.2. The molecule has 5 nitrogen and oxygen atoms in total. The van der Waals surface area contributed by atoms with E-state index >= 15 is 0 Å². The van der Waals surface area contributed by atoms with Crippen LogP contribution in [0.5, 0.6) is 0 Å². The molecule has 20 heavy (non-hydrogen) atoms. The maximum absolute atomic E-state index is 12.1. The number of imidazole rings is 1. The Balaban J connectivity index is 1.90. The number of anilines is 1. The third kappa shape index (κ3) is 2.50. The highest BCUT2D eigenvalue weighted by Gasteiger charge is 2.08. The van der Waals surface area contributed by atoms with Crippen molar-refractivity contribution in [3.8, 4) is 0 Å². The summed E-state index contributed by atoms with van der Waals surface area (Å²) in [4.78, 5) is 28.6. The van der Waals surface area contributed by atoms with Crippen LogP contribution in [0.1, 0.15) is 10.4 Å². The molecule has 0 spiro atoms. The first kappa shape index (κ1) is 12.7. The van der Waals surface area contributed by atoms with E-state index in [1.807, 2.05) is 18.2 Å². The Labute approximate surface area is 122 Å². The third-order valence-corrected chi connectivity index (χ3v) is 3.35. The fourth-order valence-corrected chi connectivity index (χ4v) is 2.34. The Bertz CT molecular complexity index is 851. The summed E-state index contributed by atoms with van der Waals surface area (Å²) in [6, 6.07) is 12.3. The van der Waals surface area contributed by atoms with Crippen LogP contribution in [-0.2, 0) is 0 Å². The first-order chi connectivity index (χ1) is 9.61. The molecule has 0 saturated heterocycles. The van der Waals surface area contributed by atoms with Gasteiger partial charge in [0.25, 0.3) is 5.91 Å².